The van der Waals surface area contributed by atoms with Gasteiger partial charge in [0.05, 0.1) is 6.61 Å². The first-order valence-corrected chi connectivity index (χ1v) is 11.2. The van der Waals surface area contributed by atoms with Crippen LogP contribution in [0.4, 0.5) is 4.79 Å². The minimum absolute atomic E-state index is 0. The number of piperidine rings is 1. The van der Waals surface area contributed by atoms with E-state index in [1.165, 1.54) is 38.8 Å². The molecule has 0 aromatic rings. The number of nitrogens with one attached hydrogen (secondary N) is 2. The fourth-order valence-electron chi connectivity index (χ4n) is 4.22. The molecule has 0 radical (unpaired) electrons. The number of guanidine groups is 1. The van der Waals surface area contributed by atoms with Gasteiger partial charge in [-0.1, -0.05) is 26.7 Å². The monoisotopic (exact) mass is 523 g/mol. The molecule has 29 heavy (non-hydrogen) atoms. The Morgan fingerprint density at radius 3 is 2.24 bits per heavy atom. The van der Waals surface area contributed by atoms with Crippen molar-refractivity contribution in [2.45, 2.75) is 71.4 Å². The second kappa shape index (κ2) is 14.3. The lowest BCUT2D eigenvalue weighted by atomic mass is 10.0. The normalized spacial score (nSPS) is 20.6. The number of halogens is 1. The molecule has 0 saturated carbocycles. The lowest BCUT2D eigenvalue weighted by molar-refractivity contribution is 0.0962. The highest BCUT2D eigenvalue weighted by Gasteiger charge is 2.25. The van der Waals surface area contributed by atoms with Gasteiger partial charge in [-0.25, -0.2) is 4.79 Å². The van der Waals surface area contributed by atoms with Gasteiger partial charge in [-0.3, -0.25) is 9.89 Å². The van der Waals surface area contributed by atoms with Gasteiger partial charge in [0.1, 0.15) is 0 Å². The molecule has 2 rings (SSSR count). The fraction of sp³-hybridized carbons (Fsp3) is 0.905. The maximum absolute atomic E-state index is 11.8. The maximum Gasteiger partial charge on any atom is 0.409 e. The zero-order chi connectivity index (χ0) is 20.4. The molecule has 0 aromatic heterocycles. The van der Waals surface area contributed by atoms with E-state index >= 15 is 0 Å². The molecule has 1 atom stereocenters. The Balaban J connectivity index is 0.00000420. The molecular formula is C21H42IN5O2. The Hall–Kier alpha value is -0.770. The quantitative estimate of drug-likeness (QED) is 0.318. The van der Waals surface area contributed by atoms with Crippen molar-refractivity contribution in [2.75, 3.05) is 46.4 Å². The van der Waals surface area contributed by atoms with Crippen LogP contribution in [0.1, 0.15) is 59.3 Å². The average Bonchev–Trinajstić information content (AvgIpc) is 2.97. The van der Waals surface area contributed by atoms with Crippen LogP contribution in [0.2, 0.25) is 0 Å². The summed E-state index contributed by atoms with van der Waals surface area (Å²) >= 11 is 0. The largest absolute Gasteiger partial charge is 0.450 e. The number of likely N-dealkylation sites (tertiary alicyclic amines) is 2. The molecule has 2 fully saturated rings. The molecule has 1 amide bonds. The van der Waals surface area contributed by atoms with Gasteiger partial charge < -0.3 is 20.3 Å². The van der Waals surface area contributed by atoms with E-state index in [0.29, 0.717) is 24.6 Å². The van der Waals surface area contributed by atoms with Gasteiger partial charge in [0.25, 0.3) is 0 Å². The Morgan fingerprint density at radius 1 is 1.10 bits per heavy atom. The highest BCUT2D eigenvalue weighted by molar-refractivity contribution is 14.0. The molecule has 2 heterocycles. The van der Waals surface area contributed by atoms with Crippen molar-refractivity contribution in [1.82, 2.24) is 20.4 Å². The number of ether oxygens (including phenoxy) is 1. The van der Waals surface area contributed by atoms with Crippen LogP contribution in [0, 0.1) is 5.92 Å². The number of rotatable bonds is 6. The van der Waals surface area contributed by atoms with E-state index in [0.717, 1.165) is 38.4 Å². The highest BCUT2D eigenvalue weighted by atomic mass is 127. The van der Waals surface area contributed by atoms with Gasteiger partial charge in [0.2, 0.25) is 0 Å². The van der Waals surface area contributed by atoms with Crippen molar-refractivity contribution in [3.8, 4) is 0 Å². The number of nitrogens with zero attached hydrogens (tertiary/aromatic N) is 3. The predicted molar refractivity (Wildman–Crippen MR) is 130 cm³/mol. The summed E-state index contributed by atoms with van der Waals surface area (Å²) in [6.45, 7) is 11.7. The van der Waals surface area contributed by atoms with Gasteiger partial charge in [-0.2, -0.15) is 0 Å². The lowest BCUT2D eigenvalue weighted by Gasteiger charge is -2.35. The smallest absolute Gasteiger partial charge is 0.409 e. The molecule has 2 saturated heterocycles. The SMILES string of the molecule is CCOC(=O)N1CCC(NC(=NC)NCC(C(C)C)N2CCCCCC2)CC1.I. The van der Waals surface area contributed by atoms with Gasteiger partial charge in [-0.05, 0) is 51.6 Å². The standard InChI is InChI=1S/C21H41N5O2.HI/c1-5-28-21(27)26-14-10-18(11-15-26)24-20(22-4)23-16-19(17(2)3)25-12-8-6-7-9-13-25;/h17-19H,5-16H2,1-4H3,(H2,22,23,24);1H. The molecule has 2 N–H and O–H groups in total. The molecule has 2 aliphatic rings. The zero-order valence-electron chi connectivity index (χ0n) is 18.8. The molecule has 1 unspecified atom stereocenters. The summed E-state index contributed by atoms with van der Waals surface area (Å²) in [5.41, 5.74) is 0. The first-order chi connectivity index (χ1) is 13.5. The third-order valence-corrected chi connectivity index (χ3v) is 5.94. The molecule has 2 aliphatic heterocycles. The molecule has 0 aliphatic carbocycles. The van der Waals surface area contributed by atoms with Gasteiger partial charge in [0, 0.05) is 38.8 Å². The van der Waals surface area contributed by atoms with Crippen LogP contribution in [0.15, 0.2) is 4.99 Å². The molecular weight excluding hydrogens is 481 g/mol. The van der Waals surface area contributed by atoms with E-state index in [1.807, 2.05) is 14.0 Å². The minimum atomic E-state index is -0.194. The summed E-state index contributed by atoms with van der Waals surface area (Å²) < 4.78 is 5.10. The van der Waals surface area contributed by atoms with E-state index in [4.69, 9.17) is 4.74 Å². The maximum atomic E-state index is 11.8. The van der Waals surface area contributed by atoms with Gasteiger partial charge >= 0.3 is 6.09 Å². The van der Waals surface area contributed by atoms with Crippen LogP contribution in [0.25, 0.3) is 0 Å². The number of hydrogen-bond acceptors (Lipinski definition) is 4. The molecule has 0 aromatic carbocycles. The number of hydrogen-bond donors (Lipinski definition) is 2. The van der Waals surface area contributed by atoms with Crippen molar-refractivity contribution in [3.05, 3.63) is 0 Å². The van der Waals surface area contributed by atoms with Crippen molar-refractivity contribution in [1.29, 1.82) is 0 Å². The minimum Gasteiger partial charge on any atom is -0.450 e. The van der Waals surface area contributed by atoms with E-state index in [1.54, 1.807) is 4.90 Å². The molecule has 7 nitrogen and oxygen atoms in total. The van der Waals surface area contributed by atoms with Crippen LogP contribution < -0.4 is 10.6 Å². The molecule has 170 valence electrons. The van der Waals surface area contributed by atoms with E-state index < -0.39 is 0 Å². The zero-order valence-corrected chi connectivity index (χ0v) is 21.1. The Morgan fingerprint density at radius 2 is 1.72 bits per heavy atom. The number of amides is 1. The topological polar surface area (TPSA) is 69.2 Å². The summed E-state index contributed by atoms with van der Waals surface area (Å²) in [7, 11) is 1.83. The molecule has 0 spiro atoms. The Kier molecular flexibility index (Phi) is 12.9. The first kappa shape index (κ1) is 26.3. The summed E-state index contributed by atoms with van der Waals surface area (Å²) in [5.74, 6) is 1.48. The first-order valence-electron chi connectivity index (χ1n) is 11.2. The summed E-state index contributed by atoms with van der Waals surface area (Å²) in [6.07, 6.45) is 6.99. The third-order valence-electron chi connectivity index (χ3n) is 5.94. The number of carbonyl (C=O) groups is 1. The Bertz CT molecular complexity index is 487. The second-order valence-electron chi connectivity index (χ2n) is 8.32. The van der Waals surface area contributed by atoms with Crippen LogP contribution in [-0.2, 0) is 4.74 Å². The van der Waals surface area contributed by atoms with Crippen LogP contribution >= 0.6 is 24.0 Å². The lowest BCUT2D eigenvalue weighted by Crippen LogP contribution is -2.53. The molecule has 8 heteroatoms. The number of aliphatic imine (C=N–C) groups is 1. The van der Waals surface area contributed by atoms with Crippen LogP contribution in [0.3, 0.4) is 0 Å². The van der Waals surface area contributed by atoms with Crippen molar-refractivity contribution in [2.24, 2.45) is 10.9 Å². The van der Waals surface area contributed by atoms with Gasteiger partial charge in [-0.15, -0.1) is 24.0 Å². The third kappa shape index (κ3) is 8.86. The van der Waals surface area contributed by atoms with Gasteiger partial charge in [0.15, 0.2) is 5.96 Å². The summed E-state index contributed by atoms with van der Waals surface area (Å²) in [4.78, 5) is 20.7. The predicted octanol–water partition coefficient (Wildman–Crippen LogP) is 3.29. The van der Waals surface area contributed by atoms with Crippen LogP contribution in [-0.4, -0.2) is 80.3 Å². The van der Waals surface area contributed by atoms with Crippen molar-refractivity contribution in [3.63, 3.8) is 0 Å². The van der Waals surface area contributed by atoms with E-state index in [9.17, 15) is 4.79 Å². The average molecular weight is 524 g/mol. The van der Waals surface area contributed by atoms with Crippen LogP contribution in [0.5, 0.6) is 0 Å². The molecule has 0 bridgehead atoms. The fourth-order valence-corrected chi connectivity index (χ4v) is 4.22. The van der Waals surface area contributed by atoms with E-state index in [-0.39, 0.29) is 30.1 Å². The van der Waals surface area contributed by atoms with E-state index in [2.05, 4.69) is 34.4 Å². The number of carbonyl (C=O) groups excluding carboxylic acids is 1. The van der Waals surface area contributed by atoms with Crippen molar-refractivity contribution >= 4 is 36.0 Å². The Labute approximate surface area is 194 Å². The summed E-state index contributed by atoms with van der Waals surface area (Å²) in [6, 6.07) is 0.870. The summed E-state index contributed by atoms with van der Waals surface area (Å²) in [5, 5.41) is 7.11. The van der Waals surface area contributed by atoms with Crippen molar-refractivity contribution < 1.29 is 9.53 Å². The second-order valence-corrected chi connectivity index (χ2v) is 8.32. The highest BCUT2D eigenvalue weighted by Crippen LogP contribution is 2.17.